The number of aromatic nitrogens is 3. The zero-order valence-corrected chi connectivity index (χ0v) is 18.4. The van der Waals surface area contributed by atoms with Gasteiger partial charge in [0.2, 0.25) is 5.82 Å². The topological polar surface area (TPSA) is 127 Å². The summed E-state index contributed by atoms with van der Waals surface area (Å²) in [7, 11) is 0. The van der Waals surface area contributed by atoms with Crippen molar-refractivity contribution in [3.63, 3.8) is 0 Å². The highest BCUT2D eigenvalue weighted by molar-refractivity contribution is 9.10. The van der Waals surface area contributed by atoms with Gasteiger partial charge in [0.05, 0.1) is 15.2 Å². The summed E-state index contributed by atoms with van der Waals surface area (Å²) < 4.78 is 18.2. The molecule has 1 saturated heterocycles. The number of oxime groups is 1. The third kappa shape index (κ3) is 5.42. The zero-order valence-electron chi connectivity index (χ0n) is 16.0. The molecule has 162 valence electrons. The van der Waals surface area contributed by atoms with Crippen LogP contribution in [0.5, 0.6) is 0 Å². The molecule has 2 aromatic heterocycles. The van der Waals surface area contributed by atoms with Crippen molar-refractivity contribution in [3.8, 4) is 0 Å². The number of carbonyl (C=O) groups is 1. The summed E-state index contributed by atoms with van der Waals surface area (Å²) in [5.74, 6) is -0.364. The molecule has 1 aliphatic heterocycles. The van der Waals surface area contributed by atoms with E-state index in [4.69, 9.17) is 4.94 Å². The Morgan fingerprint density at radius 3 is 3.03 bits per heavy atom. The lowest BCUT2D eigenvalue weighted by molar-refractivity contribution is 0.102. The van der Waals surface area contributed by atoms with Crippen LogP contribution in [0.3, 0.4) is 0 Å². The number of halogens is 2. The Morgan fingerprint density at radius 2 is 2.23 bits per heavy atom. The molecule has 1 fully saturated rings. The number of hydrogen-bond acceptors (Lipinski definition) is 10. The number of piperidine rings is 1. The van der Waals surface area contributed by atoms with Crippen molar-refractivity contribution in [1.29, 1.82) is 0 Å². The molecule has 0 atom stereocenters. The fourth-order valence-corrected chi connectivity index (χ4v) is 4.25. The van der Waals surface area contributed by atoms with Gasteiger partial charge in [-0.05, 0) is 70.4 Å². The standard InChI is InChI=1S/C18H17BrFN7O3S/c19-12-7-11(1-2-13(12)20)25-29-22-8-14-16(27-30-26-14)24-17(28)15-9-31-18(23-15)10-3-5-21-6-4-10/h1-2,7-10,21,25H,3-6H2,(H,24,27,28)/b22-8+. The molecular weight excluding hydrogens is 493 g/mol. The fraction of sp³-hybridized carbons (Fsp3) is 0.278. The van der Waals surface area contributed by atoms with Gasteiger partial charge in [0, 0.05) is 11.3 Å². The first-order valence-electron chi connectivity index (χ1n) is 9.30. The van der Waals surface area contributed by atoms with Gasteiger partial charge in [-0.15, -0.1) is 11.3 Å². The number of anilines is 2. The van der Waals surface area contributed by atoms with Crippen LogP contribution in [-0.4, -0.2) is 40.5 Å². The Morgan fingerprint density at radius 1 is 1.39 bits per heavy atom. The molecule has 31 heavy (non-hydrogen) atoms. The van der Waals surface area contributed by atoms with Gasteiger partial charge in [-0.25, -0.2) is 14.0 Å². The predicted octanol–water partition coefficient (Wildman–Crippen LogP) is 3.52. The van der Waals surface area contributed by atoms with Crippen LogP contribution < -0.4 is 16.1 Å². The second kappa shape index (κ2) is 9.94. The zero-order chi connectivity index (χ0) is 21.6. The number of hydrogen-bond donors (Lipinski definition) is 3. The summed E-state index contributed by atoms with van der Waals surface area (Å²) in [6.07, 6.45) is 3.22. The van der Waals surface area contributed by atoms with Crippen molar-refractivity contribution in [1.82, 2.24) is 20.6 Å². The monoisotopic (exact) mass is 509 g/mol. The van der Waals surface area contributed by atoms with Crippen LogP contribution in [0.15, 0.2) is 37.8 Å². The molecule has 13 heteroatoms. The normalized spacial score (nSPS) is 14.6. The third-order valence-electron chi connectivity index (χ3n) is 4.50. The molecule has 10 nitrogen and oxygen atoms in total. The van der Waals surface area contributed by atoms with Gasteiger partial charge in [-0.3, -0.25) is 9.73 Å². The molecule has 0 saturated carbocycles. The summed E-state index contributed by atoms with van der Waals surface area (Å²) in [5.41, 5.74) is 3.46. The van der Waals surface area contributed by atoms with Gasteiger partial charge in [0.1, 0.15) is 17.7 Å². The van der Waals surface area contributed by atoms with Crippen molar-refractivity contribution in [2.24, 2.45) is 5.16 Å². The first-order chi connectivity index (χ1) is 15.1. The number of amides is 1. The van der Waals surface area contributed by atoms with E-state index in [1.54, 1.807) is 5.38 Å². The Bertz CT molecular complexity index is 1080. The Labute approximate surface area is 188 Å². The van der Waals surface area contributed by atoms with Gasteiger partial charge in [0.15, 0.2) is 5.69 Å². The first kappa shape index (κ1) is 21.3. The van der Waals surface area contributed by atoms with Gasteiger partial charge in [0.25, 0.3) is 5.91 Å². The van der Waals surface area contributed by atoms with Gasteiger partial charge in [-0.2, -0.15) is 5.48 Å². The molecule has 1 amide bonds. The van der Waals surface area contributed by atoms with Crippen LogP contribution in [0.25, 0.3) is 0 Å². The van der Waals surface area contributed by atoms with Crippen LogP contribution in [0.4, 0.5) is 15.9 Å². The molecule has 4 rings (SSSR count). The largest absolute Gasteiger partial charge is 0.317 e. The second-order valence-electron chi connectivity index (χ2n) is 6.60. The molecule has 0 radical (unpaired) electrons. The van der Waals surface area contributed by atoms with Crippen molar-refractivity contribution in [2.45, 2.75) is 18.8 Å². The molecule has 0 bridgehead atoms. The van der Waals surface area contributed by atoms with Crippen molar-refractivity contribution in [2.75, 3.05) is 23.9 Å². The molecule has 0 aliphatic carbocycles. The highest BCUT2D eigenvalue weighted by Crippen LogP contribution is 2.28. The lowest BCUT2D eigenvalue weighted by atomic mass is 9.99. The minimum absolute atomic E-state index is 0.0818. The average molecular weight is 510 g/mol. The van der Waals surface area contributed by atoms with Crippen LogP contribution in [0.1, 0.15) is 39.9 Å². The van der Waals surface area contributed by atoms with Crippen molar-refractivity contribution >= 4 is 50.9 Å². The second-order valence-corrected chi connectivity index (χ2v) is 8.35. The van der Waals surface area contributed by atoms with E-state index in [0.717, 1.165) is 30.9 Å². The van der Waals surface area contributed by atoms with Gasteiger partial charge < -0.3 is 10.6 Å². The number of rotatable bonds is 7. The summed E-state index contributed by atoms with van der Waals surface area (Å²) in [4.78, 5) is 21.9. The lowest BCUT2D eigenvalue weighted by Crippen LogP contribution is -2.26. The number of thiazole rings is 1. The maximum atomic E-state index is 13.2. The first-order valence-corrected chi connectivity index (χ1v) is 11.0. The Hall–Kier alpha value is -2.90. The number of benzene rings is 1. The quantitative estimate of drug-likeness (QED) is 0.326. The molecule has 3 N–H and O–H groups in total. The average Bonchev–Trinajstić information content (AvgIpc) is 3.44. The van der Waals surface area contributed by atoms with Crippen molar-refractivity contribution < 1.29 is 18.8 Å². The summed E-state index contributed by atoms with van der Waals surface area (Å²) in [6, 6.07) is 4.23. The SMILES string of the molecule is O=C(Nc1nonc1/C=N/ONc1ccc(F)c(Br)c1)c1csc(C2CCNCC2)n1. The van der Waals surface area contributed by atoms with E-state index in [-0.39, 0.29) is 16.0 Å². The van der Waals surface area contributed by atoms with Crippen LogP contribution in [-0.2, 0) is 4.94 Å². The predicted molar refractivity (Wildman–Crippen MR) is 116 cm³/mol. The Kier molecular flexibility index (Phi) is 6.84. The molecule has 0 unspecified atom stereocenters. The van der Waals surface area contributed by atoms with Crippen LogP contribution in [0.2, 0.25) is 0 Å². The van der Waals surface area contributed by atoms with E-state index in [1.165, 1.54) is 35.8 Å². The van der Waals surface area contributed by atoms with Crippen molar-refractivity contribution in [3.05, 3.63) is 50.3 Å². The van der Waals surface area contributed by atoms with E-state index in [9.17, 15) is 9.18 Å². The minimum Gasteiger partial charge on any atom is -0.317 e. The molecule has 3 heterocycles. The van der Waals surface area contributed by atoms with E-state index in [1.807, 2.05) is 0 Å². The maximum Gasteiger partial charge on any atom is 0.276 e. The van der Waals surface area contributed by atoms with Crippen LogP contribution in [0, 0.1) is 5.82 Å². The summed E-state index contributed by atoms with van der Waals surface area (Å²) >= 11 is 4.55. The molecule has 1 aliphatic rings. The molecule has 0 spiro atoms. The summed E-state index contributed by atoms with van der Waals surface area (Å²) in [6.45, 7) is 1.91. The third-order valence-corrected chi connectivity index (χ3v) is 6.11. The number of carbonyl (C=O) groups excluding carboxylic acids is 1. The summed E-state index contributed by atoms with van der Waals surface area (Å²) in [5, 5.41) is 19.6. The highest BCUT2D eigenvalue weighted by atomic mass is 79.9. The number of nitrogens with one attached hydrogen (secondary N) is 3. The lowest BCUT2D eigenvalue weighted by Gasteiger charge is -2.20. The highest BCUT2D eigenvalue weighted by Gasteiger charge is 2.21. The molecule has 3 aromatic rings. The van der Waals surface area contributed by atoms with E-state index in [2.05, 4.69) is 57.1 Å². The van der Waals surface area contributed by atoms with Crippen LogP contribution >= 0.6 is 27.3 Å². The molecular formula is C18H17BrFN7O3S. The van der Waals surface area contributed by atoms with Gasteiger partial charge >= 0.3 is 0 Å². The van der Waals surface area contributed by atoms with E-state index >= 15 is 0 Å². The van der Waals surface area contributed by atoms with E-state index in [0.29, 0.717) is 17.3 Å². The van der Waals surface area contributed by atoms with E-state index < -0.39 is 11.7 Å². The fourth-order valence-electron chi connectivity index (χ4n) is 2.90. The Balaban J connectivity index is 1.33. The minimum atomic E-state index is -0.419. The van der Waals surface area contributed by atoms with Gasteiger partial charge in [-0.1, -0.05) is 5.16 Å². The maximum absolute atomic E-state index is 13.2. The number of nitrogens with zero attached hydrogens (tertiary/aromatic N) is 4. The smallest absolute Gasteiger partial charge is 0.276 e. The molecule has 1 aromatic carbocycles.